The second kappa shape index (κ2) is 6.29. The third-order valence-corrected chi connectivity index (χ3v) is 2.47. The van der Waals surface area contributed by atoms with Gasteiger partial charge in [0, 0.05) is 24.7 Å². The fourth-order valence-electron chi connectivity index (χ4n) is 1.38. The number of hydrogen-bond acceptors (Lipinski definition) is 5. The molecule has 2 atom stereocenters. The standard InChI is InChI=1S/C11H16N2O4/c1-8(12-6-11(15)7-14)9-2-4-10(5-3-9)13(16)17/h2-5,8,11-12,14-15H,6-7H2,1H3. The molecule has 0 spiro atoms. The minimum absolute atomic E-state index is 0.0444. The summed E-state index contributed by atoms with van der Waals surface area (Å²) in [5, 5.41) is 31.3. The van der Waals surface area contributed by atoms with Crippen LogP contribution in [0.1, 0.15) is 18.5 Å². The highest BCUT2D eigenvalue weighted by molar-refractivity contribution is 5.33. The van der Waals surface area contributed by atoms with Gasteiger partial charge in [0.1, 0.15) is 0 Å². The van der Waals surface area contributed by atoms with Crippen LogP contribution in [0.5, 0.6) is 0 Å². The Labute approximate surface area is 99.0 Å². The minimum Gasteiger partial charge on any atom is -0.394 e. The van der Waals surface area contributed by atoms with Crippen molar-refractivity contribution >= 4 is 5.69 Å². The Morgan fingerprint density at radius 2 is 2.00 bits per heavy atom. The number of aliphatic hydroxyl groups excluding tert-OH is 2. The maximum absolute atomic E-state index is 10.5. The topological polar surface area (TPSA) is 95.6 Å². The van der Waals surface area contributed by atoms with Crippen molar-refractivity contribution in [3.63, 3.8) is 0 Å². The fourth-order valence-corrected chi connectivity index (χ4v) is 1.38. The second-order valence-electron chi connectivity index (χ2n) is 3.81. The predicted octanol–water partition coefficient (Wildman–Crippen LogP) is 0.599. The zero-order chi connectivity index (χ0) is 12.8. The lowest BCUT2D eigenvalue weighted by molar-refractivity contribution is -0.384. The van der Waals surface area contributed by atoms with Crippen molar-refractivity contribution in [1.29, 1.82) is 0 Å². The molecule has 17 heavy (non-hydrogen) atoms. The van der Waals surface area contributed by atoms with Gasteiger partial charge in [0.2, 0.25) is 0 Å². The average molecular weight is 240 g/mol. The van der Waals surface area contributed by atoms with Gasteiger partial charge in [-0.25, -0.2) is 0 Å². The Kier molecular flexibility index (Phi) is 5.02. The molecule has 1 aromatic carbocycles. The highest BCUT2D eigenvalue weighted by Gasteiger charge is 2.10. The highest BCUT2D eigenvalue weighted by atomic mass is 16.6. The van der Waals surface area contributed by atoms with E-state index in [9.17, 15) is 10.1 Å². The molecule has 0 aromatic heterocycles. The summed E-state index contributed by atoms with van der Waals surface area (Å²) in [6, 6.07) is 6.17. The van der Waals surface area contributed by atoms with Crippen LogP contribution in [-0.2, 0) is 0 Å². The maximum atomic E-state index is 10.5. The number of nitrogens with zero attached hydrogens (tertiary/aromatic N) is 1. The van der Waals surface area contributed by atoms with Gasteiger partial charge in [-0.05, 0) is 12.5 Å². The van der Waals surface area contributed by atoms with Crippen molar-refractivity contribution in [2.45, 2.75) is 19.1 Å². The van der Waals surface area contributed by atoms with Crippen LogP contribution in [-0.4, -0.2) is 34.4 Å². The summed E-state index contributed by atoms with van der Waals surface area (Å²) >= 11 is 0. The molecule has 6 nitrogen and oxygen atoms in total. The average Bonchev–Trinajstić information content (AvgIpc) is 2.35. The van der Waals surface area contributed by atoms with E-state index in [1.807, 2.05) is 6.92 Å². The Morgan fingerprint density at radius 1 is 1.41 bits per heavy atom. The molecule has 0 aliphatic carbocycles. The number of nitro groups is 1. The van der Waals surface area contributed by atoms with Gasteiger partial charge in [0.25, 0.3) is 5.69 Å². The second-order valence-corrected chi connectivity index (χ2v) is 3.81. The number of benzene rings is 1. The third-order valence-electron chi connectivity index (χ3n) is 2.47. The normalized spacial score (nSPS) is 14.3. The number of nitro benzene ring substituents is 1. The van der Waals surface area contributed by atoms with E-state index >= 15 is 0 Å². The van der Waals surface area contributed by atoms with Crippen molar-refractivity contribution in [3.05, 3.63) is 39.9 Å². The van der Waals surface area contributed by atoms with E-state index in [-0.39, 0.29) is 24.9 Å². The van der Waals surface area contributed by atoms with E-state index in [2.05, 4.69) is 5.32 Å². The lowest BCUT2D eigenvalue weighted by Crippen LogP contribution is -2.31. The van der Waals surface area contributed by atoms with Crippen LogP contribution in [0, 0.1) is 10.1 Å². The summed E-state index contributed by atoms with van der Waals surface area (Å²) in [6.07, 6.45) is -0.796. The number of non-ortho nitro benzene ring substituents is 1. The van der Waals surface area contributed by atoms with Crippen LogP contribution in [0.4, 0.5) is 5.69 Å². The molecule has 1 rings (SSSR count). The molecular formula is C11H16N2O4. The van der Waals surface area contributed by atoms with Gasteiger partial charge in [-0.1, -0.05) is 12.1 Å². The zero-order valence-electron chi connectivity index (χ0n) is 9.54. The first kappa shape index (κ1) is 13.6. The van der Waals surface area contributed by atoms with E-state index in [0.29, 0.717) is 0 Å². The quantitative estimate of drug-likeness (QED) is 0.500. The van der Waals surface area contributed by atoms with Crippen LogP contribution >= 0.6 is 0 Å². The monoisotopic (exact) mass is 240 g/mol. The largest absolute Gasteiger partial charge is 0.394 e. The Bertz CT molecular complexity index is 366. The van der Waals surface area contributed by atoms with Gasteiger partial charge in [0.15, 0.2) is 0 Å². The first-order chi connectivity index (χ1) is 8.04. The van der Waals surface area contributed by atoms with Gasteiger partial charge in [-0.2, -0.15) is 0 Å². The smallest absolute Gasteiger partial charge is 0.269 e. The fraction of sp³-hybridized carbons (Fsp3) is 0.455. The van der Waals surface area contributed by atoms with E-state index < -0.39 is 11.0 Å². The van der Waals surface area contributed by atoms with E-state index in [4.69, 9.17) is 10.2 Å². The molecule has 2 unspecified atom stereocenters. The molecule has 0 bridgehead atoms. The van der Waals surface area contributed by atoms with Crippen molar-refractivity contribution < 1.29 is 15.1 Å². The summed E-state index contributed by atoms with van der Waals surface area (Å²) < 4.78 is 0. The molecule has 0 fully saturated rings. The molecule has 0 saturated heterocycles. The van der Waals surface area contributed by atoms with Gasteiger partial charge in [-0.15, -0.1) is 0 Å². The molecule has 0 amide bonds. The summed E-state index contributed by atoms with van der Waals surface area (Å²) in [4.78, 5) is 10.0. The highest BCUT2D eigenvalue weighted by Crippen LogP contribution is 2.17. The van der Waals surface area contributed by atoms with Gasteiger partial charge < -0.3 is 15.5 Å². The summed E-state index contributed by atoms with van der Waals surface area (Å²) in [7, 11) is 0. The van der Waals surface area contributed by atoms with E-state index in [1.165, 1.54) is 12.1 Å². The Morgan fingerprint density at radius 3 is 2.47 bits per heavy atom. The third kappa shape index (κ3) is 4.10. The molecule has 6 heteroatoms. The number of hydrogen-bond donors (Lipinski definition) is 3. The van der Waals surface area contributed by atoms with Crippen LogP contribution in [0.2, 0.25) is 0 Å². The van der Waals surface area contributed by atoms with Crippen LogP contribution in [0.3, 0.4) is 0 Å². The maximum Gasteiger partial charge on any atom is 0.269 e. The summed E-state index contributed by atoms with van der Waals surface area (Å²) in [6.45, 7) is 1.86. The van der Waals surface area contributed by atoms with Crippen LogP contribution in [0.25, 0.3) is 0 Å². The number of rotatable bonds is 6. The van der Waals surface area contributed by atoms with E-state index in [0.717, 1.165) is 5.56 Å². The van der Waals surface area contributed by atoms with Crippen LogP contribution in [0.15, 0.2) is 24.3 Å². The summed E-state index contributed by atoms with van der Waals surface area (Å²) in [5.41, 5.74) is 0.942. The lowest BCUT2D eigenvalue weighted by Gasteiger charge is -2.16. The summed E-state index contributed by atoms with van der Waals surface area (Å²) in [5.74, 6) is 0. The van der Waals surface area contributed by atoms with Crippen molar-refractivity contribution in [2.24, 2.45) is 0 Å². The number of aliphatic hydroxyl groups is 2. The number of nitrogens with one attached hydrogen (secondary N) is 1. The first-order valence-electron chi connectivity index (χ1n) is 5.31. The Balaban J connectivity index is 2.57. The van der Waals surface area contributed by atoms with Crippen molar-refractivity contribution in [2.75, 3.05) is 13.2 Å². The van der Waals surface area contributed by atoms with Gasteiger partial charge in [0.05, 0.1) is 17.6 Å². The molecule has 0 aliphatic rings. The Hall–Kier alpha value is -1.50. The van der Waals surface area contributed by atoms with Crippen molar-refractivity contribution in [1.82, 2.24) is 5.32 Å². The molecule has 94 valence electrons. The van der Waals surface area contributed by atoms with E-state index in [1.54, 1.807) is 12.1 Å². The lowest BCUT2D eigenvalue weighted by atomic mass is 10.1. The first-order valence-corrected chi connectivity index (χ1v) is 5.31. The zero-order valence-corrected chi connectivity index (χ0v) is 9.54. The predicted molar refractivity (Wildman–Crippen MR) is 62.6 cm³/mol. The molecule has 0 saturated carbocycles. The van der Waals surface area contributed by atoms with Crippen LogP contribution < -0.4 is 5.32 Å². The molecule has 1 aromatic rings. The molecule has 3 N–H and O–H groups in total. The molecular weight excluding hydrogens is 224 g/mol. The molecule has 0 aliphatic heterocycles. The molecule has 0 radical (unpaired) electrons. The molecule has 0 heterocycles. The minimum atomic E-state index is -0.796. The van der Waals surface area contributed by atoms with Gasteiger partial charge >= 0.3 is 0 Å². The SMILES string of the molecule is CC(NCC(O)CO)c1ccc([N+](=O)[O-])cc1. The van der Waals surface area contributed by atoms with Gasteiger partial charge in [-0.3, -0.25) is 10.1 Å². The van der Waals surface area contributed by atoms with Crippen molar-refractivity contribution in [3.8, 4) is 0 Å².